The number of furan rings is 1. The average molecular weight is 318 g/mol. The molecule has 1 aliphatic rings. The zero-order valence-electron chi connectivity index (χ0n) is 11.9. The Morgan fingerprint density at radius 3 is 2.96 bits per heavy atom. The van der Waals surface area contributed by atoms with Crippen LogP contribution in [0.1, 0.15) is 17.9 Å². The second-order valence-corrected chi connectivity index (χ2v) is 5.41. The highest BCUT2D eigenvalue weighted by atomic mass is 19.3. The van der Waals surface area contributed by atoms with Crippen molar-refractivity contribution in [3.05, 3.63) is 36.2 Å². The topological polar surface area (TPSA) is 64.4 Å². The second kappa shape index (κ2) is 5.19. The van der Waals surface area contributed by atoms with Crippen LogP contribution >= 0.6 is 0 Å². The number of hydrogen-bond acceptors (Lipinski definition) is 4. The average Bonchev–Trinajstić information content (AvgIpc) is 3.11. The molecule has 0 aliphatic carbocycles. The maximum Gasteiger partial charge on any atom is 0.387 e. The number of fused-ring (bicyclic) bond motifs is 3. The summed E-state index contributed by atoms with van der Waals surface area (Å²) in [7, 11) is 0. The van der Waals surface area contributed by atoms with E-state index < -0.39 is 6.61 Å². The van der Waals surface area contributed by atoms with E-state index in [1.54, 1.807) is 18.3 Å². The number of pyridine rings is 1. The van der Waals surface area contributed by atoms with Crippen LogP contribution in [-0.2, 0) is 4.79 Å². The Bertz CT molecular complexity index is 907. The fourth-order valence-corrected chi connectivity index (χ4v) is 3.09. The molecule has 1 amide bonds. The predicted octanol–water partition coefficient (Wildman–Crippen LogP) is 3.19. The molecule has 1 unspecified atom stereocenters. The van der Waals surface area contributed by atoms with Crippen LogP contribution in [0.3, 0.4) is 0 Å². The van der Waals surface area contributed by atoms with Gasteiger partial charge in [-0.05, 0) is 17.7 Å². The van der Waals surface area contributed by atoms with Crippen LogP contribution in [0.25, 0.3) is 21.9 Å². The van der Waals surface area contributed by atoms with E-state index in [1.165, 1.54) is 12.3 Å². The largest absolute Gasteiger partial charge is 0.451 e. The first-order valence-electron chi connectivity index (χ1n) is 7.14. The third-order valence-corrected chi connectivity index (χ3v) is 4.05. The number of carbonyl (C=O) groups excluding carboxylic acids is 1. The van der Waals surface area contributed by atoms with Crippen molar-refractivity contribution in [1.29, 1.82) is 0 Å². The van der Waals surface area contributed by atoms with Gasteiger partial charge in [0.15, 0.2) is 16.9 Å². The smallest absolute Gasteiger partial charge is 0.387 e. The molecule has 23 heavy (non-hydrogen) atoms. The summed E-state index contributed by atoms with van der Waals surface area (Å²) >= 11 is 0. The number of nitrogens with zero attached hydrogens (tertiary/aromatic N) is 1. The van der Waals surface area contributed by atoms with E-state index in [-0.39, 0.29) is 23.2 Å². The summed E-state index contributed by atoms with van der Waals surface area (Å²) in [5.74, 6) is -0.0719. The number of hydrogen-bond donors (Lipinski definition) is 1. The molecule has 1 aromatic carbocycles. The number of aromatic nitrogens is 1. The molecule has 3 heterocycles. The van der Waals surface area contributed by atoms with Crippen molar-refractivity contribution < 1.29 is 22.7 Å². The zero-order valence-corrected chi connectivity index (χ0v) is 11.9. The van der Waals surface area contributed by atoms with Crippen LogP contribution in [0, 0.1) is 0 Å². The molecule has 0 radical (unpaired) electrons. The van der Waals surface area contributed by atoms with E-state index in [4.69, 9.17) is 4.42 Å². The molecule has 0 bridgehead atoms. The Labute approximate surface area is 129 Å². The standard InChI is InChI=1S/C16H12F2N2O3/c17-16(18)23-11-2-1-9(8-5-13(21)20-6-8)14-10-3-4-19-7-12(10)22-15(11)14/h1-4,7-8,16H,5-6H2,(H,20,21). The van der Waals surface area contributed by atoms with Crippen molar-refractivity contribution in [2.75, 3.05) is 6.54 Å². The van der Waals surface area contributed by atoms with Gasteiger partial charge in [0, 0.05) is 35.9 Å². The summed E-state index contributed by atoms with van der Waals surface area (Å²) in [6.07, 6.45) is 3.50. The number of alkyl halides is 2. The molecule has 0 saturated carbocycles. The van der Waals surface area contributed by atoms with Gasteiger partial charge in [-0.1, -0.05) is 6.07 Å². The van der Waals surface area contributed by atoms with Gasteiger partial charge in [-0.2, -0.15) is 8.78 Å². The van der Waals surface area contributed by atoms with E-state index in [2.05, 4.69) is 15.0 Å². The number of ether oxygens (including phenoxy) is 1. The van der Waals surface area contributed by atoms with Crippen molar-refractivity contribution in [3.63, 3.8) is 0 Å². The van der Waals surface area contributed by atoms with Crippen molar-refractivity contribution in [3.8, 4) is 5.75 Å². The number of nitrogens with one attached hydrogen (secondary N) is 1. The summed E-state index contributed by atoms with van der Waals surface area (Å²) in [6, 6.07) is 4.95. The van der Waals surface area contributed by atoms with Crippen LogP contribution in [0.4, 0.5) is 8.78 Å². The van der Waals surface area contributed by atoms with Crippen molar-refractivity contribution in [2.24, 2.45) is 0 Å². The number of halogens is 2. The van der Waals surface area contributed by atoms with Crippen molar-refractivity contribution >= 4 is 27.8 Å². The highest BCUT2D eigenvalue weighted by molar-refractivity contribution is 6.08. The molecule has 1 atom stereocenters. The van der Waals surface area contributed by atoms with Crippen LogP contribution in [0.2, 0.25) is 0 Å². The molecule has 7 heteroatoms. The lowest BCUT2D eigenvalue weighted by Crippen LogP contribution is -2.13. The van der Waals surface area contributed by atoms with Gasteiger partial charge < -0.3 is 14.5 Å². The van der Waals surface area contributed by atoms with E-state index in [9.17, 15) is 13.6 Å². The van der Waals surface area contributed by atoms with Crippen LogP contribution in [0.5, 0.6) is 5.75 Å². The molecule has 1 fully saturated rings. The molecule has 1 aliphatic heterocycles. The highest BCUT2D eigenvalue weighted by Crippen LogP contribution is 2.41. The van der Waals surface area contributed by atoms with Gasteiger partial charge in [-0.25, -0.2) is 0 Å². The maximum absolute atomic E-state index is 12.6. The summed E-state index contributed by atoms with van der Waals surface area (Å²) in [5, 5.41) is 4.25. The third-order valence-electron chi connectivity index (χ3n) is 4.05. The monoisotopic (exact) mass is 318 g/mol. The van der Waals surface area contributed by atoms with Gasteiger partial charge >= 0.3 is 6.61 Å². The van der Waals surface area contributed by atoms with Gasteiger partial charge in [-0.15, -0.1) is 0 Å². The van der Waals surface area contributed by atoms with Gasteiger partial charge in [0.1, 0.15) is 0 Å². The number of benzene rings is 1. The summed E-state index contributed by atoms with van der Waals surface area (Å²) < 4.78 is 35.5. The normalized spacial score (nSPS) is 18.0. The maximum atomic E-state index is 12.6. The van der Waals surface area contributed by atoms with Gasteiger partial charge in [0.2, 0.25) is 5.91 Å². The molecular formula is C16H12F2N2O3. The van der Waals surface area contributed by atoms with Crippen LogP contribution < -0.4 is 10.1 Å². The van der Waals surface area contributed by atoms with E-state index in [0.717, 1.165) is 10.9 Å². The van der Waals surface area contributed by atoms with E-state index in [0.29, 0.717) is 23.9 Å². The Kier molecular flexibility index (Phi) is 3.14. The lowest BCUT2D eigenvalue weighted by atomic mass is 9.93. The molecule has 1 saturated heterocycles. The molecule has 118 valence electrons. The van der Waals surface area contributed by atoms with Crippen molar-refractivity contribution in [1.82, 2.24) is 10.3 Å². The Balaban J connectivity index is 1.98. The fraction of sp³-hybridized carbons (Fsp3) is 0.250. The number of carbonyl (C=O) groups is 1. The minimum atomic E-state index is -2.94. The predicted molar refractivity (Wildman–Crippen MR) is 78.5 cm³/mol. The fourth-order valence-electron chi connectivity index (χ4n) is 3.09. The molecule has 0 spiro atoms. The Morgan fingerprint density at radius 2 is 2.22 bits per heavy atom. The Morgan fingerprint density at radius 1 is 1.35 bits per heavy atom. The zero-order chi connectivity index (χ0) is 16.0. The number of rotatable bonds is 3. The van der Waals surface area contributed by atoms with Gasteiger partial charge in [-0.3, -0.25) is 9.78 Å². The second-order valence-electron chi connectivity index (χ2n) is 5.41. The van der Waals surface area contributed by atoms with Gasteiger partial charge in [0.05, 0.1) is 6.20 Å². The first kappa shape index (κ1) is 13.9. The first-order chi connectivity index (χ1) is 11.1. The van der Waals surface area contributed by atoms with Crippen molar-refractivity contribution in [2.45, 2.75) is 19.0 Å². The summed E-state index contributed by atoms with van der Waals surface area (Å²) in [6.45, 7) is -2.43. The first-order valence-corrected chi connectivity index (χ1v) is 7.14. The Hall–Kier alpha value is -2.70. The van der Waals surface area contributed by atoms with Crippen LogP contribution in [0.15, 0.2) is 35.0 Å². The molecular weight excluding hydrogens is 306 g/mol. The van der Waals surface area contributed by atoms with Gasteiger partial charge in [0.25, 0.3) is 0 Å². The summed E-state index contributed by atoms with van der Waals surface area (Å²) in [5.41, 5.74) is 1.63. The molecule has 2 aromatic heterocycles. The summed E-state index contributed by atoms with van der Waals surface area (Å²) in [4.78, 5) is 15.5. The molecule has 5 nitrogen and oxygen atoms in total. The molecule has 4 rings (SSSR count). The lowest BCUT2D eigenvalue weighted by Gasteiger charge is -2.12. The SMILES string of the molecule is O=C1CC(c2ccc(OC(F)F)c3oc4cnccc4c23)CN1. The molecule has 1 N–H and O–H groups in total. The molecule has 3 aromatic rings. The van der Waals surface area contributed by atoms with Crippen LogP contribution in [-0.4, -0.2) is 24.0 Å². The minimum Gasteiger partial charge on any atom is -0.451 e. The minimum absolute atomic E-state index is 0.0211. The lowest BCUT2D eigenvalue weighted by molar-refractivity contribution is -0.119. The number of amides is 1. The third kappa shape index (κ3) is 2.28. The van der Waals surface area contributed by atoms with E-state index in [1.807, 2.05) is 0 Å². The van der Waals surface area contributed by atoms with E-state index >= 15 is 0 Å². The highest BCUT2D eigenvalue weighted by Gasteiger charge is 2.27. The quantitative estimate of drug-likeness (QED) is 0.805.